The predicted octanol–water partition coefficient (Wildman–Crippen LogP) is 5.02. The van der Waals surface area contributed by atoms with Gasteiger partial charge in [0.2, 0.25) is 0 Å². The van der Waals surface area contributed by atoms with E-state index in [1.165, 1.54) is 12.8 Å². The van der Waals surface area contributed by atoms with Gasteiger partial charge >= 0.3 is 0 Å². The van der Waals surface area contributed by atoms with Crippen LogP contribution in [0, 0.1) is 10.8 Å². The highest BCUT2D eigenvalue weighted by Crippen LogP contribution is 2.47. The molecule has 0 nitrogen and oxygen atoms in total. The zero-order valence-corrected chi connectivity index (χ0v) is 12.1. The Morgan fingerprint density at radius 3 is 1.29 bits per heavy atom. The SMILES string of the molecule is CCC(C)(C)C1=PC(C(C)(C)CC)=P1. The summed E-state index contributed by atoms with van der Waals surface area (Å²) in [6, 6.07) is 0. The van der Waals surface area contributed by atoms with E-state index in [0.717, 1.165) is 0 Å². The molecule has 0 radical (unpaired) electrons. The fourth-order valence-electron chi connectivity index (χ4n) is 1.13. The minimum absolute atomic E-state index is 0.455. The quantitative estimate of drug-likeness (QED) is 0.592. The summed E-state index contributed by atoms with van der Waals surface area (Å²) in [6.45, 7) is 14.1. The van der Waals surface area contributed by atoms with Crippen LogP contribution in [0.25, 0.3) is 0 Å². The lowest BCUT2D eigenvalue weighted by Crippen LogP contribution is -2.27. The van der Waals surface area contributed by atoms with Gasteiger partial charge in [0.05, 0.1) is 0 Å². The van der Waals surface area contributed by atoms with E-state index in [2.05, 4.69) is 41.5 Å². The average molecular weight is 228 g/mol. The van der Waals surface area contributed by atoms with E-state index >= 15 is 0 Å². The third-order valence-electron chi connectivity index (χ3n) is 3.40. The summed E-state index contributed by atoms with van der Waals surface area (Å²) in [4.78, 5) is 0. The van der Waals surface area contributed by atoms with Crippen LogP contribution in [-0.2, 0) is 0 Å². The molecule has 0 atom stereocenters. The minimum atomic E-state index is 0.455. The highest BCUT2D eigenvalue weighted by Gasteiger charge is 2.31. The largest absolute Gasteiger partial charge is 0.0645 e. The van der Waals surface area contributed by atoms with E-state index in [9.17, 15) is 0 Å². The molecule has 0 aromatic carbocycles. The van der Waals surface area contributed by atoms with E-state index in [4.69, 9.17) is 0 Å². The zero-order valence-electron chi connectivity index (χ0n) is 10.3. The molecule has 0 unspecified atom stereocenters. The summed E-state index contributed by atoms with van der Waals surface area (Å²) in [5.74, 6) is 0. The fraction of sp³-hybridized carbons (Fsp3) is 0.833. The Bertz CT molecular complexity index is 247. The van der Waals surface area contributed by atoms with E-state index in [1.807, 2.05) is 0 Å². The second-order valence-corrected chi connectivity index (χ2v) is 8.29. The minimum Gasteiger partial charge on any atom is -0.0645 e. The Kier molecular flexibility index (Phi) is 3.61. The van der Waals surface area contributed by atoms with Crippen molar-refractivity contribution >= 4 is 26.5 Å². The van der Waals surface area contributed by atoms with Crippen molar-refractivity contribution in [2.75, 3.05) is 0 Å². The first kappa shape index (κ1) is 12.4. The van der Waals surface area contributed by atoms with Crippen LogP contribution in [0.3, 0.4) is 0 Å². The first-order chi connectivity index (χ1) is 6.33. The molecule has 0 aromatic heterocycles. The van der Waals surface area contributed by atoms with Gasteiger partial charge in [-0.2, -0.15) is 0 Å². The molecule has 1 rings (SSSR count). The summed E-state index contributed by atoms with van der Waals surface area (Å²) in [6.07, 6.45) is 2.53. The van der Waals surface area contributed by atoms with Crippen LogP contribution < -0.4 is 0 Å². The molecule has 0 N–H and O–H groups in total. The van der Waals surface area contributed by atoms with Crippen molar-refractivity contribution in [3.05, 3.63) is 0 Å². The van der Waals surface area contributed by atoms with Crippen molar-refractivity contribution in [2.24, 2.45) is 10.8 Å². The van der Waals surface area contributed by atoms with Crippen molar-refractivity contribution in [1.29, 1.82) is 0 Å². The first-order valence-corrected chi connectivity index (χ1v) is 7.30. The van der Waals surface area contributed by atoms with Crippen LogP contribution in [0.5, 0.6) is 0 Å². The van der Waals surface area contributed by atoms with Gasteiger partial charge in [0, 0.05) is 10.1 Å². The van der Waals surface area contributed by atoms with E-state index in [-0.39, 0.29) is 0 Å². The van der Waals surface area contributed by atoms with Gasteiger partial charge in [-0.3, -0.25) is 0 Å². The van der Waals surface area contributed by atoms with Crippen LogP contribution in [0.15, 0.2) is 0 Å². The first-order valence-electron chi connectivity index (χ1n) is 5.52. The Hall–Kier alpha value is 0.340. The third-order valence-corrected chi connectivity index (χ3v) is 7.87. The van der Waals surface area contributed by atoms with E-state index < -0.39 is 0 Å². The molecule has 2 heteroatoms. The molecular weight excluding hydrogens is 206 g/mol. The molecule has 0 saturated carbocycles. The van der Waals surface area contributed by atoms with Crippen molar-refractivity contribution in [3.63, 3.8) is 0 Å². The summed E-state index contributed by atoms with van der Waals surface area (Å²) in [5, 5.41) is 3.44. The second-order valence-electron chi connectivity index (χ2n) is 5.35. The van der Waals surface area contributed by atoms with Gasteiger partial charge < -0.3 is 0 Å². The van der Waals surface area contributed by atoms with Gasteiger partial charge in [-0.1, -0.05) is 58.0 Å². The average Bonchev–Trinajstić information content (AvgIpc) is 2.00. The van der Waals surface area contributed by atoms with Crippen LogP contribution in [0.2, 0.25) is 0 Å². The Morgan fingerprint density at radius 2 is 1.07 bits per heavy atom. The predicted molar refractivity (Wildman–Crippen MR) is 72.0 cm³/mol. The fourth-order valence-corrected chi connectivity index (χ4v) is 4.28. The molecule has 1 heterocycles. The topological polar surface area (TPSA) is 0 Å². The molecule has 1 aliphatic heterocycles. The molecule has 0 amide bonds. The van der Waals surface area contributed by atoms with Crippen LogP contribution in [-0.4, -0.2) is 10.1 Å². The van der Waals surface area contributed by atoms with Crippen LogP contribution in [0.1, 0.15) is 54.4 Å². The molecule has 0 spiro atoms. The molecule has 0 fully saturated rings. The van der Waals surface area contributed by atoms with Gasteiger partial charge in [-0.25, -0.2) is 0 Å². The Labute approximate surface area is 92.1 Å². The maximum atomic E-state index is 2.37. The maximum Gasteiger partial charge on any atom is 0.0135 e. The van der Waals surface area contributed by atoms with Gasteiger partial charge in [0.25, 0.3) is 0 Å². The number of hydrogen-bond acceptors (Lipinski definition) is 0. The smallest absolute Gasteiger partial charge is 0.0135 e. The normalized spacial score (nSPS) is 19.6. The van der Waals surface area contributed by atoms with Crippen molar-refractivity contribution in [2.45, 2.75) is 54.4 Å². The molecule has 0 bridgehead atoms. The van der Waals surface area contributed by atoms with Crippen molar-refractivity contribution in [1.82, 2.24) is 0 Å². The number of hydrogen-bond donors (Lipinski definition) is 0. The number of rotatable bonds is 4. The van der Waals surface area contributed by atoms with Crippen LogP contribution >= 0.6 is 16.4 Å². The summed E-state index contributed by atoms with van der Waals surface area (Å²) >= 11 is 0. The molecule has 0 aromatic rings. The van der Waals surface area contributed by atoms with Crippen molar-refractivity contribution in [3.8, 4) is 0 Å². The highest BCUT2D eigenvalue weighted by atomic mass is 31.1. The van der Waals surface area contributed by atoms with Gasteiger partial charge in [0.15, 0.2) is 0 Å². The molecule has 0 aliphatic carbocycles. The lowest BCUT2D eigenvalue weighted by atomic mass is 9.92. The standard InChI is InChI=1S/C12H22P2/c1-7-11(3,4)9-13-10(14-9)12(5,6)8-2/h7-8H2,1-6H3. The van der Waals surface area contributed by atoms with Crippen LogP contribution in [0.4, 0.5) is 0 Å². The summed E-state index contributed by atoms with van der Waals surface area (Å²) in [5.41, 5.74) is 0.910. The highest BCUT2D eigenvalue weighted by molar-refractivity contribution is 7.98. The van der Waals surface area contributed by atoms with E-state index in [1.54, 1.807) is 26.5 Å². The summed E-state index contributed by atoms with van der Waals surface area (Å²) in [7, 11) is 3.10. The maximum absolute atomic E-state index is 2.37. The lowest BCUT2D eigenvalue weighted by Gasteiger charge is -2.34. The third kappa shape index (κ3) is 2.29. The summed E-state index contributed by atoms with van der Waals surface area (Å²) < 4.78 is 0. The molecule has 14 heavy (non-hydrogen) atoms. The molecular formula is C12H22P2. The monoisotopic (exact) mass is 228 g/mol. The lowest BCUT2D eigenvalue weighted by molar-refractivity contribution is 0.512. The Morgan fingerprint density at radius 1 is 0.786 bits per heavy atom. The molecule has 1 aliphatic rings. The van der Waals surface area contributed by atoms with Gasteiger partial charge in [0.1, 0.15) is 0 Å². The van der Waals surface area contributed by atoms with Gasteiger partial charge in [-0.15, -0.1) is 0 Å². The molecule has 0 saturated heterocycles. The van der Waals surface area contributed by atoms with Gasteiger partial charge in [-0.05, 0) is 23.7 Å². The Balaban J connectivity index is 2.69. The van der Waals surface area contributed by atoms with Crippen molar-refractivity contribution < 1.29 is 0 Å². The van der Waals surface area contributed by atoms with E-state index in [0.29, 0.717) is 10.8 Å². The molecule has 80 valence electrons. The zero-order chi connectivity index (χ0) is 11.0. The second kappa shape index (κ2) is 4.07.